The first kappa shape index (κ1) is 28.2. The Morgan fingerprint density at radius 3 is 1.86 bits per heavy atom. The number of methoxy groups -OCH3 is 1. The van der Waals surface area contributed by atoms with Gasteiger partial charge in [0.1, 0.15) is 11.6 Å². The Hall–Kier alpha value is -3.00. The zero-order valence-corrected chi connectivity index (χ0v) is 21.7. The summed E-state index contributed by atoms with van der Waals surface area (Å²) < 4.78 is 32.4. The predicted molar refractivity (Wildman–Crippen MR) is 130 cm³/mol. The van der Waals surface area contributed by atoms with Crippen LogP contribution in [-0.4, -0.2) is 50.8 Å². The molecule has 0 aliphatic rings. The van der Waals surface area contributed by atoms with Crippen molar-refractivity contribution in [3.8, 4) is 0 Å². The molecule has 0 heterocycles. The second-order valence-electron chi connectivity index (χ2n) is 8.78. The van der Waals surface area contributed by atoms with E-state index in [-0.39, 0.29) is 12.6 Å². The third-order valence-corrected chi connectivity index (χ3v) is 6.83. The van der Waals surface area contributed by atoms with Crippen LogP contribution in [0.1, 0.15) is 52.6 Å². The average molecular weight is 506 g/mol. The SMILES string of the molecule is COC(=O)[C@H](Cc1ccc(C(=O)OC(C)(C)C)cc1)NC(=O)c1ccc(CP(=O)(OC)OC)cc1. The van der Waals surface area contributed by atoms with Crippen LogP contribution in [0.2, 0.25) is 0 Å². The fraction of sp³-hybridized carbons (Fsp3) is 0.400. The van der Waals surface area contributed by atoms with Gasteiger partial charge >= 0.3 is 19.5 Å². The van der Waals surface area contributed by atoms with Crippen molar-refractivity contribution in [2.24, 2.45) is 0 Å². The van der Waals surface area contributed by atoms with Gasteiger partial charge in [0.15, 0.2) is 0 Å². The van der Waals surface area contributed by atoms with Crippen molar-refractivity contribution in [1.29, 1.82) is 0 Å². The Bertz CT molecular complexity index is 1070. The second-order valence-corrected chi connectivity index (χ2v) is 11.1. The number of hydrogen-bond donors (Lipinski definition) is 1. The molecular weight excluding hydrogens is 473 g/mol. The van der Waals surface area contributed by atoms with Crippen LogP contribution in [-0.2, 0) is 40.5 Å². The number of rotatable bonds is 10. The van der Waals surface area contributed by atoms with Crippen molar-refractivity contribution in [2.45, 2.75) is 45.0 Å². The maximum atomic E-state index is 12.8. The Morgan fingerprint density at radius 2 is 1.37 bits per heavy atom. The molecule has 0 radical (unpaired) electrons. The standard InChI is InChI=1S/C25H32NO8P/c1-25(2,3)34-23(28)20-13-7-17(8-14-20)15-21(24(29)31-4)26-22(27)19-11-9-18(10-12-19)16-35(30,32-5)33-6/h7-14,21H,15-16H2,1-6H3,(H,26,27)/t21-/m0/s1. The Morgan fingerprint density at radius 1 is 0.857 bits per heavy atom. The van der Waals surface area contributed by atoms with Crippen molar-refractivity contribution in [3.63, 3.8) is 0 Å². The first-order chi connectivity index (χ1) is 16.4. The van der Waals surface area contributed by atoms with Crippen LogP contribution in [0.25, 0.3) is 0 Å². The largest absolute Gasteiger partial charge is 0.467 e. The number of benzene rings is 2. The summed E-state index contributed by atoms with van der Waals surface area (Å²) in [6.07, 6.45) is 0.224. The summed E-state index contributed by atoms with van der Waals surface area (Å²) in [6.45, 7) is 5.36. The first-order valence-corrected chi connectivity index (χ1v) is 12.6. The van der Waals surface area contributed by atoms with Crippen molar-refractivity contribution >= 4 is 25.4 Å². The Labute approximate surface area is 205 Å². The topological polar surface area (TPSA) is 117 Å². The van der Waals surface area contributed by atoms with E-state index in [9.17, 15) is 18.9 Å². The molecule has 190 valence electrons. The molecule has 0 aliphatic carbocycles. The van der Waals surface area contributed by atoms with E-state index in [1.807, 2.05) is 0 Å². The molecule has 0 aromatic heterocycles. The fourth-order valence-corrected chi connectivity index (χ4v) is 4.18. The van der Waals surface area contributed by atoms with Gasteiger partial charge in [-0.3, -0.25) is 9.36 Å². The molecule has 0 aliphatic heterocycles. The third-order valence-electron chi connectivity index (χ3n) is 4.97. The van der Waals surface area contributed by atoms with E-state index in [4.69, 9.17) is 18.5 Å². The van der Waals surface area contributed by atoms with E-state index >= 15 is 0 Å². The molecule has 2 aromatic carbocycles. The second kappa shape index (κ2) is 12.1. The van der Waals surface area contributed by atoms with Gasteiger partial charge in [-0.05, 0) is 56.2 Å². The van der Waals surface area contributed by atoms with Gasteiger partial charge in [-0.15, -0.1) is 0 Å². The van der Waals surface area contributed by atoms with Gasteiger partial charge in [0.25, 0.3) is 5.91 Å². The summed E-state index contributed by atoms with van der Waals surface area (Å²) in [5, 5.41) is 2.68. The molecule has 0 bridgehead atoms. The van der Waals surface area contributed by atoms with Crippen LogP contribution in [0, 0.1) is 0 Å². The molecule has 1 amide bonds. The van der Waals surface area contributed by atoms with Crippen LogP contribution < -0.4 is 5.32 Å². The van der Waals surface area contributed by atoms with Crippen LogP contribution >= 0.6 is 7.60 Å². The van der Waals surface area contributed by atoms with Gasteiger partial charge in [0.2, 0.25) is 0 Å². The van der Waals surface area contributed by atoms with Gasteiger partial charge in [-0.25, -0.2) is 9.59 Å². The van der Waals surface area contributed by atoms with Crippen molar-refractivity contribution in [2.75, 3.05) is 21.3 Å². The van der Waals surface area contributed by atoms with E-state index in [2.05, 4.69) is 5.32 Å². The molecule has 2 rings (SSSR count). The van der Waals surface area contributed by atoms with Gasteiger partial charge in [0, 0.05) is 26.2 Å². The lowest BCUT2D eigenvalue weighted by molar-refractivity contribution is -0.142. The highest BCUT2D eigenvalue weighted by molar-refractivity contribution is 7.52. The van der Waals surface area contributed by atoms with E-state index < -0.39 is 37.1 Å². The quantitative estimate of drug-likeness (QED) is 0.378. The minimum absolute atomic E-state index is 0.0615. The van der Waals surface area contributed by atoms with E-state index in [1.54, 1.807) is 69.3 Å². The monoisotopic (exact) mass is 505 g/mol. The number of hydrogen-bond acceptors (Lipinski definition) is 8. The summed E-state index contributed by atoms with van der Waals surface area (Å²) in [6, 6.07) is 12.1. The molecule has 10 heteroatoms. The number of nitrogens with one attached hydrogen (secondary N) is 1. The minimum atomic E-state index is -3.23. The van der Waals surface area contributed by atoms with Crippen LogP contribution in [0.4, 0.5) is 0 Å². The fourth-order valence-electron chi connectivity index (χ4n) is 3.12. The Balaban J connectivity index is 2.09. The lowest BCUT2D eigenvalue weighted by atomic mass is 10.0. The molecular formula is C25H32NO8P. The minimum Gasteiger partial charge on any atom is -0.467 e. The van der Waals surface area contributed by atoms with Crippen molar-refractivity contribution in [3.05, 3.63) is 70.8 Å². The highest BCUT2D eigenvalue weighted by Gasteiger charge is 2.25. The number of amides is 1. The predicted octanol–water partition coefficient (Wildman–Crippen LogP) is 4.14. The molecule has 0 spiro atoms. The third kappa shape index (κ3) is 8.62. The molecule has 1 atom stereocenters. The van der Waals surface area contributed by atoms with Gasteiger partial charge in [0.05, 0.1) is 18.8 Å². The molecule has 9 nitrogen and oxygen atoms in total. The van der Waals surface area contributed by atoms with Gasteiger partial charge in [-0.2, -0.15) is 0 Å². The van der Waals surface area contributed by atoms with E-state index in [1.165, 1.54) is 21.3 Å². The molecule has 35 heavy (non-hydrogen) atoms. The van der Waals surface area contributed by atoms with Gasteiger partial charge < -0.3 is 23.8 Å². The maximum absolute atomic E-state index is 12.8. The van der Waals surface area contributed by atoms with Crippen LogP contribution in [0.5, 0.6) is 0 Å². The summed E-state index contributed by atoms with van der Waals surface area (Å²) in [5.74, 6) is -1.52. The lowest BCUT2D eigenvalue weighted by Gasteiger charge is -2.20. The first-order valence-electron chi connectivity index (χ1n) is 10.9. The lowest BCUT2D eigenvalue weighted by Crippen LogP contribution is -2.43. The molecule has 0 unspecified atom stereocenters. The highest BCUT2D eigenvalue weighted by atomic mass is 31.2. The van der Waals surface area contributed by atoms with Gasteiger partial charge in [-0.1, -0.05) is 24.3 Å². The molecule has 0 fully saturated rings. The summed E-state index contributed by atoms with van der Waals surface area (Å²) in [4.78, 5) is 37.3. The van der Waals surface area contributed by atoms with Crippen LogP contribution in [0.3, 0.4) is 0 Å². The summed E-state index contributed by atoms with van der Waals surface area (Å²) in [5.41, 5.74) is 1.48. The molecule has 2 aromatic rings. The van der Waals surface area contributed by atoms with Crippen LogP contribution in [0.15, 0.2) is 48.5 Å². The Kier molecular flexibility index (Phi) is 9.77. The van der Waals surface area contributed by atoms with E-state index in [0.717, 1.165) is 5.56 Å². The normalized spacial score (nSPS) is 12.5. The summed E-state index contributed by atoms with van der Waals surface area (Å²) >= 11 is 0. The zero-order valence-electron chi connectivity index (χ0n) is 20.8. The number of ether oxygens (including phenoxy) is 2. The molecule has 0 saturated carbocycles. The maximum Gasteiger partial charge on any atom is 0.338 e. The summed E-state index contributed by atoms with van der Waals surface area (Å²) in [7, 11) is 0.629. The van der Waals surface area contributed by atoms with Crippen molar-refractivity contribution in [1.82, 2.24) is 5.32 Å². The average Bonchev–Trinajstić information content (AvgIpc) is 2.82. The highest BCUT2D eigenvalue weighted by Crippen LogP contribution is 2.49. The number of esters is 2. The van der Waals surface area contributed by atoms with E-state index in [0.29, 0.717) is 16.7 Å². The molecule has 1 N–H and O–H groups in total. The number of carbonyl (C=O) groups excluding carboxylic acids is 3. The van der Waals surface area contributed by atoms with Crippen molar-refractivity contribution < 1.29 is 37.5 Å². The smallest absolute Gasteiger partial charge is 0.338 e. The molecule has 0 saturated heterocycles. The zero-order chi connectivity index (χ0) is 26.2. The number of carbonyl (C=O) groups is 3.